The van der Waals surface area contributed by atoms with Gasteiger partial charge in [-0.25, -0.2) is 14.4 Å². The van der Waals surface area contributed by atoms with Crippen LogP contribution in [0.25, 0.3) is 0 Å². The lowest BCUT2D eigenvalue weighted by molar-refractivity contribution is 0.0594. The van der Waals surface area contributed by atoms with Crippen LogP contribution in [0.4, 0.5) is 9.59 Å². The number of aryl methyl sites for hydroxylation is 1. The quantitative estimate of drug-likeness (QED) is 0.799. The highest BCUT2D eigenvalue weighted by molar-refractivity contribution is 5.89. The van der Waals surface area contributed by atoms with Crippen molar-refractivity contribution in [3.63, 3.8) is 0 Å². The summed E-state index contributed by atoms with van der Waals surface area (Å²) in [5.41, 5.74) is 0.415. The van der Waals surface area contributed by atoms with Gasteiger partial charge in [0.2, 0.25) is 0 Å². The van der Waals surface area contributed by atoms with Crippen molar-refractivity contribution < 1.29 is 29.3 Å². The maximum Gasteiger partial charge on any atom is 0.407 e. The topological polar surface area (TPSA) is 112 Å². The first-order chi connectivity index (χ1) is 10.9. The zero-order valence-corrected chi connectivity index (χ0v) is 12.7. The molecule has 9 nitrogen and oxygen atoms in total. The van der Waals surface area contributed by atoms with E-state index in [1.54, 1.807) is 23.0 Å². The predicted molar refractivity (Wildman–Crippen MR) is 78.5 cm³/mol. The Morgan fingerprint density at radius 3 is 2.61 bits per heavy atom. The van der Waals surface area contributed by atoms with E-state index in [1.807, 2.05) is 0 Å². The number of methoxy groups -OCH3 is 1. The molecule has 9 heteroatoms. The van der Waals surface area contributed by atoms with Gasteiger partial charge in [0.15, 0.2) is 0 Å². The van der Waals surface area contributed by atoms with Crippen molar-refractivity contribution >= 4 is 18.2 Å². The predicted octanol–water partition coefficient (Wildman–Crippen LogP) is 1.01. The summed E-state index contributed by atoms with van der Waals surface area (Å²) in [6.45, 7) is 0.950. The second-order valence-electron chi connectivity index (χ2n) is 5.28. The summed E-state index contributed by atoms with van der Waals surface area (Å²) in [4.78, 5) is 36.2. The van der Waals surface area contributed by atoms with Crippen molar-refractivity contribution in [2.24, 2.45) is 0 Å². The Morgan fingerprint density at radius 2 is 2.00 bits per heavy atom. The van der Waals surface area contributed by atoms with Gasteiger partial charge in [0, 0.05) is 38.6 Å². The number of carbonyl (C=O) groups is 3. The standard InChI is InChI=1S/C14H19N3O6/c1-23-12(18)10-2-4-15(8-10)5-3-11-9-16(13(19)20)6-7-17(11)14(21)22/h2,4,8,11H,3,5-7,9H2,1H3,(H,19,20)(H,21,22)/t11-/m1/s1. The van der Waals surface area contributed by atoms with Gasteiger partial charge in [-0.05, 0) is 12.5 Å². The molecule has 2 amide bonds. The molecule has 2 heterocycles. The molecule has 1 aliphatic heterocycles. The Kier molecular flexibility index (Phi) is 5.09. The van der Waals surface area contributed by atoms with Gasteiger partial charge in [-0.3, -0.25) is 0 Å². The summed E-state index contributed by atoms with van der Waals surface area (Å²) < 4.78 is 6.38. The molecule has 1 aromatic rings. The Bertz CT molecular complexity index is 599. The molecule has 0 saturated carbocycles. The highest BCUT2D eigenvalue weighted by atomic mass is 16.5. The molecule has 1 aromatic heterocycles. The number of piperazine rings is 1. The summed E-state index contributed by atoms with van der Waals surface area (Å²) in [5, 5.41) is 18.3. The highest BCUT2D eigenvalue weighted by Crippen LogP contribution is 2.15. The molecule has 0 spiro atoms. The number of rotatable bonds is 4. The van der Waals surface area contributed by atoms with Gasteiger partial charge in [-0.2, -0.15) is 0 Å². The number of ether oxygens (including phenoxy) is 1. The maximum atomic E-state index is 11.4. The van der Waals surface area contributed by atoms with Crippen LogP contribution in [-0.2, 0) is 11.3 Å². The van der Waals surface area contributed by atoms with Crippen LogP contribution in [0.5, 0.6) is 0 Å². The van der Waals surface area contributed by atoms with Gasteiger partial charge in [0.25, 0.3) is 0 Å². The van der Waals surface area contributed by atoms with Crippen LogP contribution in [0.2, 0.25) is 0 Å². The van der Waals surface area contributed by atoms with Crippen molar-refractivity contribution in [3.05, 3.63) is 24.0 Å². The second kappa shape index (κ2) is 7.03. The van der Waals surface area contributed by atoms with Crippen molar-refractivity contribution in [1.82, 2.24) is 14.4 Å². The third-order valence-electron chi connectivity index (χ3n) is 3.89. The highest BCUT2D eigenvalue weighted by Gasteiger charge is 2.32. The Hall–Kier alpha value is -2.71. The molecule has 0 unspecified atom stereocenters. The van der Waals surface area contributed by atoms with E-state index in [1.165, 1.54) is 16.9 Å². The molecule has 1 atom stereocenters. The second-order valence-corrected chi connectivity index (χ2v) is 5.28. The smallest absolute Gasteiger partial charge is 0.407 e. The van der Waals surface area contributed by atoms with Gasteiger partial charge in [-0.1, -0.05) is 0 Å². The summed E-state index contributed by atoms with van der Waals surface area (Å²) in [6.07, 6.45) is 1.67. The number of nitrogens with zero attached hydrogens (tertiary/aromatic N) is 3. The fraction of sp³-hybridized carbons (Fsp3) is 0.500. The fourth-order valence-corrected chi connectivity index (χ4v) is 2.64. The molecule has 1 fully saturated rings. The van der Waals surface area contributed by atoms with Gasteiger partial charge in [0.05, 0.1) is 18.7 Å². The number of carboxylic acid groups (broad SMARTS) is 2. The Balaban J connectivity index is 2.00. The van der Waals surface area contributed by atoms with Crippen LogP contribution in [0, 0.1) is 0 Å². The van der Waals surface area contributed by atoms with Crippen molar-refractivity contribution in [3.8, 4) is 0 Å². The SMILES string of the molecule is COC(=O)c1ccn(CC[C@@H]2CN(C(=O)O)CCN2C(=O)O)c1. The van der Waals surface area contributed by atoms with E-state index in [-0.39, 0.29) is 19.6 Å². The van der Waals surface area contributed by atoms with Crippen LogP contribution in [-0.4, -0.2) is 75.5 Å². The first-order valence-electron chi connectivity index (χ1n) is 7.14. The lowest BCUT2D eigenvalue weighted by Crippen LogP contribution is -2.56. The molecule has 2 N–H and O–H groups in total. The van der Waals surface area contributed by atoms with E-state index in [2.05, 4.69) is 4.74 Å². The van der Waals surface area contributed by atoms with Crippen LogP contribution >= 0.6 is 0 Å². The average molecular weight is 325 g/mol. The van der Waals surface area contributed by atoms with Crippen LogP contribution < -0.4 is 0 Å². The third kappa shape index (κ3) is 3.93. The molecular formula is C14H19N3O6. The van der Waals surface area contributed by atoms with Gasteiger partial charge in [-0.15, -0.1) is 0 Å². The molecule has 0 bridgehead atoms. The normalized spacial score (nSPS) is 17.9. The first kappa shape index (κ1) is 16.7. The number of hydrogen-bond donors (Lipinski definition) is 2. The largest absolute Gasteiger partial charge is 0.465 e. The molecule has 1 saturated heterocycles. The van der Waals surface area contributed by atoms with E-state index in [0.717, 1.165) is 0 Å². The van der Waals surface area contributed by atoms with Crippen LogP contribution in [0.15, 0.2) is 18.5 Å². The molecule has 23 heavy (non-hydrogen) atoms. The van der Waals surface area contributed by atoms with E-state index >= 15 is 0 Å². The first-order valence-corrected chi connectivity index (χ1v) is 7.14. The molecule has 1 aliphatic rings. The minimum absolute atomic E-state index is 0.146. The average Bonchev–Trinajstić information content (AvgIpc) is 3.00. The van der Waals surface area contributed by atoms with Gasteiger partial charge >= 0.3 is 18.2 Å². The molecule has 0 aliphatic carbocycles. The van der Waals surface area contributed by atoms with E-state index in [4.69, 9.17) is 5.11 Å². The number of aromatic nitrogens is 1. The summed E-state index contributed by atoms with van der Waals surface area (Å²) in [7, 11) is 1.30. The lowest BCUT2D eigenvalue weighted by Gasteiger charge is -2.38. The molecular weight excluding hydrogens is 306 g/mol. The molecule has 2 rings (SSSR count). The molecule has 0 aromatic carbocycles. The zero-order chi connectivity index (χ0) is 17.0. The Labute approximate surface area is 132 Å². The lowest BCUT2D eigenvalue weighted by atomic mass is 10.1. The monoisotopic (exact) mass is 325 g/mol. The summed E-state index contributed by atoms with van der Waals surface area (Å²) in [5.74, 6) is -0.439. The number of amides is 2. The minimum atomic E-state index is -1.05. The maximum absolute atomic E-state index is 11.4. The number of hydrogen-bond acceptors (Lipinski definition) is 4. The van der Waals surface area contributed by atoms with E-state index in [0.29, 0.717) is 18.5 Å². The molecule has 0 radical (unpaired) electrons. The van der Waals surface area contributed by atoms with Gasteiger partial charge < -0.3 is 29.3 Å². The van der Waals surface area contributed by atoms with Crippen molar-refractivity contribution in [2.45, 2.75) is 19.0 Å². The zero-order valence-electron chi connectivity index (χ0n) is 12.7. The van der Waals surface area contributed by atoms with Crippen LogP contribution in [0.1, 0.15) is 16.8 Å². The third-order valence-corrected chi connectivity index (χ3v) is 3.89. The number of carbonyl (C=O) groups excluding carboxylic acids is 1. The summed E-state index contributed by atoms with van der Waals surface area (Å²) in [6, 6.07) is 1.20. The van der Waals surface area contributed by atoms with Crippen molar-refractivity contribution in [2.75, 3.05) is 26.7 Å². The van der Waals surface area contributed by atoms with Crippen molar-refractivity contribution in [1.29, 1.82) is 0 Å². The van der Waals surface area contributed by atoms with Gasteiger partial charge in [0.1, 0.15) is 0 Å². The van der Waals surface area contributed by atoms with Crippen LogP contribution in [0.3, 0.4) is 0 Å². The summed E-state index contributed by atoms with van der Waals surface area (Å²) >= 11 is 0. The fourth-order valence-electron chi connectivity index (χ4n) is 2.64. The number of esters is 1. The van der Waals surface area contributed by atoms with E-state index in [9.17, 15) is 19.5 Å². The van der Waals surface area contributed by atoms with E-state index < -0.39 is 24.2 Å². The molecule has 126 valence electrons. The Morgan fingerprint density at radius 1 is 1.26 bits per heavy atom. The minimum Gasteiger partial charge on any atom is -0.465 e.